The molecular formula is C23H35N5O. The number of benzene rings is 1. The van der Waals surface area contributed by atoms with Gasteiger partial charge in [-0.05, 0) is 43.1 Å². The highest BCUT2D eigenvalue weighted by Gasteiger charge is 2.36. The minimum atomic E-state index is 0.365. The molecule has 1 heterocycles. The fourth-order valence-corrected chi connectivity index (χ4v) is 3.97. The van der Waals surface area contributed by atoms with Gasteiger partial charge >= 0.3 is 0 Å². The molecule has 1 fully saturated rings. The quantitative estimate of drug-likeness (QED) is 0.451. The summed E-state index contributed by atoms with van der Waals surface area (Å²) in [5.74, 6) is 1.88. The van der Waals surface area contributed by atoms with Crippen LogP contribution in [0.25, 0.3) is 0 Å². The molecule has 2 N–H and O–H groups in total. The molecule has 1 saturated carbocycles. The molecule has 0 atom stereocenters. The van der Waals surface area contributed by atoms with Crippen LogP contribution < -0.4 is 10.6 Å². The first-order valence-electron chi connectivity index (χ1n) is 10.7. The number of ether oxygens (including phenoxy) is 1. The Labute approximate surface area is 174 Å². The molecule has 0 bridgehead atoms. The maximum absolute atomic E-state index is 5.29. The molecule has 3 rings (SSSR count). The zero-order valence-electron chi connectivity index (χ0n) is 17.9. The number of hydrogen-bond acceptors (Lipinski definition) is 3. The molecular weight excluding hydrogens is 362 g/mol. The van der Waals surface area contributed by atoms with Crippen molar-refractivity contribution in [2.45, 2.75) is 51.6 Å². The minimum absolute atomic E-state index is 0.365. The Kier molecular flexibility index (Phi) is 8.11. The van der Waals surface area contributed by atoms with Gasteiger partial charge in [0.2, 0.25) is 0 Å². The lowest BCUT2D eigenvalue weighted by Gasteiger charge is -2.42. The minimum Gasteiger partial charge on any atom is -0.385 e. The number of nitrogens with zero attached hydrogens (tertiary/aromatic N) is 3. The van der Waals surface area contributed by atoms with Gasteiger partial charge in [-0.1, -0.05) is 36.8 Å². The van der Waals surface area contributed by atoms with Crippen molar-refractivity contribution in [3.8, 4) is 0 Å². The van der Waals surface area contributed by atoms with Crippen molar-refractivity contribution in [1.82, 2.24) is 20.2 Å². The average Bonchev–Trinajstić information content (AvgIpc) is 3.17. The smallest absolute Gasteiger partial charge is 0.191 e. The van der Waals surface area contributed by atoms with Crippen molar-refractivity contribution < 1.29 is 4.74 Å². The number of rotatable bonds is 11. The van der Waals surface area contributed by atoms with Gasteiger partial charge in [-0.15, -0.1) is 0 Å². The van der Waals surface area contributed by atoms with E-state index in [0.717, 1.165) is 50.7 Å². The maximum Gasteiger partial charge on any atom is 0.191 e. The third kappa shape index (κ3) is 6.32. The molecule has 1 aromatic heterocycles. The van der Waals surface area contributed by atoms with Crippen molar-refractivity contribution in [1.29, 1.82) is 0 Å². The zero-order chi connectivity index (χ0) is 20.4. The average molecular weight is 398 g/mol. The third-order valence-corrected chi connectivity index (χ3v) is 6.03. The van der Waals surface area contributed by atoms with Crippen LogP contribution >= 0.6 is 0 Å². The fraction of sp³-hybridized carbons (Fsp3) is 0.565. The first-order chi connectivity index (χ1) is 14.2. The van der Waals surface area contributed by atoms with E-state index in [-0.39, 0.29) is 0 Å². The Balaban J connectivity index is 1.43. The van der Waals surface area contributed by atoms with E-state index in [1.165, 1.54) is 24.8 Å². The molecule has 6 nitrogen and oxygen atoms in total. The van der Waals surface area contributed by atoms with Crippen LogP contribution in [0.5, 0.6) is 0 Å². The summed E-state index contributed by atoms with van der Waals surface area (Å²) in [7, 11) is 3.60. The Morgan fingerprint density at radius 3 is 2.76 bits per heavy atom. The molecule has 1 aliphatic rings. The summed E-state index contributed by atoms with van der Waals surface area (Å²) in [6, 6.07) is 10.6. The molecule has 0 amide bonds. The number of aromatic nitrogens is 2. The number of aliphatic imine (C=N–C) groups is 1. The van der Waals surface area contributed by atoms with Gasteiger partial charge in [0, 0.05) is 46.2 Å². The van der Waals surface area contributed by atoms with Gasteiger partial charge in [-0.2, -0.15) is 0 Å². The lowest BCUT2D eigenvalue weighted by molar-refractivity contribution is 0.0732. The van der Waals surface area contributed by atoms with Crippen LogP contribution in [0.1, 0.15) is 43.5 Å². The Bertz CT molecular complexity index is 752. The van der Waals surface area contributed by atoms with Crippen molar-refractivity contribution in [2.75, 3.05) is 27.3 Å². The third-order valence-electron chi connectivity index (χ3n) is 6.03. The van der Waals surface area contributed by atoms with Gasteiger partial charge in [-0.3, -0.25) is 4.99 Å². The van der Waals surface area contributed by atoms with Gasteiger partial charge in [0.05, 0.1) is 6.54 Å². The fourth-order valence-electron chi connectivity index (χ4n) is 3.97. The summed E-state index contributed by atoms with van der Waals surface area (Å²) in [6.07, 6.45) is 11.1. The summed E-state index contributed by atoms with van der Waals surface area (Å²) in [5, 5.41) is 6.94. The highest BCUT2D eigenvalue weighted by molar-refractivity contribution is 5.79. The standard InChI is InChI=1S/C23H35N5O/c1-24-22(27-19-23(11-7-12-23)13-17-29-2)26-18-21-25-14-16-28(21)15-6-10-20-8-4-3-5-9-20/h3-5,8-9,14,16H,6-7,10-13,15,17-19H2,1-2H3,(H2,24,26,27). The van der Waals surface area contributed by atoms with Crippen molar-refractivity contribution in [2.24, 2.45) is 10.4 Å². The monoisotopic (exact) mass is 397 g/mol. The lowest BCUT2D eigenvalue weighted by atomic mass is 9.67. The molecule has 1 aliphatic carbocycles. The largest absolute Gasteiger partial charge is 0.385 e. The molecule has 1 aromatic carbocycles. The van der Waals surface area contributed by atoms with Crippen molar-refractivity contribution in [3.63, 3.8) is 0 Å². The van der Waals surface area contributed by atoms with Gasteiger partial charge in [0.25, 0.3) is 0 Å². The van der Waals surface area contributed by atoms with E-state index in [0.29, 0.717) is 12.0 Å². The van der Waals surface area contributed by atoms with E-state index < -0.39 is 0 Å². The molecule has 6 heteroatoms. The summed E-state index contributed by atoms with van der Waals surface area (Å²) in [4.78, 5) is 8.91. The van der Waals surface area contributed by atoms with E-state index in [1.807, 2.05) is 13.2 Å². The number of nitrogens with one attached hydrogen (secondary N) is 2. The number of hydrogen-bond donors (Lipinski definition) is 2. The Hall–Kier alpha value is -2.34. The molecule has 2 aromatic rings. The van der Waals surface area contributed by atoms with Crippen LogP contribution in [0, 0.1) is 5.41 Å². The van der Waals surface area contributed by atoms with Crippen LogP contribution in [0.2, 0.25) is 0 Å². The van der Waals surface area contributed by atoms with Crippen LogP contribution in [0.4, 0.5) is 0 Å². The number of methoxy groups -OCH3 is 1. The van der Waals surface area contributed by atoms with Gasteiger partial charge in [0.1, 0.15) is 5.82 Å². The Morgan fingerprint density at radius 1 is 1.24 bits per heavy atom. The highest BCUT2D eigenvalue weighted by atomic mass is 16.5. The van der Waals surface area contributed by atoms with Gasteiger partial charge in [0.15, 0.2) is 5.96 Å². The molecule has 29 heavy (non-hydrogen) atoms. The highest BCUT2D eigenvalue weighted by Crippen LogP contribution is 2.43. The predicted octanol–water partition coefficient (Wildman–Crippen LogP) is 3.39. The second-order valence-corrected chi connectivity index (χ2v) is 8.00. The molecule has 0 unspecified atom stereocenters. The van der Waals surface area contributed by atoms with E-state index in [4.69, 9.17) is 4.74 Å². The van der Waals surface area contributed by atoms with E-state index in [2.05, 4.69) is 61.7 Å². The molecule has 0 radical (unpaired) electrons. The van der Waals surface area contributed by atoms with Gasteiger partial charge in [-0.25, -0.2) is 4.98 Å². The van der Waals surface area contributed by atoms with E-state index in [9.17, 15) is 0 Å². The van der Waals surface area contributed by atoms with Crippen LogP contribution in [-0.4, -0.2) is 42.8 Å². The summed E-state index contributed by atoms with van der Waals surface area (Å²) in [6.45, 7) is 3.41. The topological polar surface area (TPSA) is 63.5 Å². The van der Waals surface area contributed by atoms with E-state index in [1.54, 1.807) is 7.11 Å². The first-order valence-corrected chi connectivity index (χ1v) is 10.7. The second-order valence-electron chi connectivity index (χ2n) is 8.00. The molecule has 158 valence electrons. The molecule has 0 saturated heterocycles. The number of aryl methyl sites for hydroxylation is 2. The van der Waals surface area contributed by atoms with Gasteiger partial charge < -0.3 is 19.9 Å². The van der Waals surface area contributed by atoms with Crippen molar-refractivity contribution in [3.05, 3.63) is 54.1 Å². The SMILES string of the molecule is CN=C(NCc1nccn1CCCc1ccccc1)NCC1(CCOC)CCC1. The maximum atomic E-state index is 5.29. The summed E-state index contributed by atoms with van der Waals surface area (Å²) in [5.41, 5.74) is 1.75. The summed E-state index contributed by atoms with van der Waals surface area (Å²) < 4.78 is 7.52. The lowest BCUT2D eigenvalue weighted by Crippen LogP contribution is -2.46. The first kappa shape index (κ1) is 21.4. The summed E-state index contributed by atoms with van der Waals surface area (Å²) >= 11 is 0. The Morgan fingerprint density at radius 2 is 2.07 bits per heavy atom. The second kappa shape index (κ2) is 11.0. The normalized spacial score (nSPS) is 15.7. The van der Waals surface area contributed by atoms with Crippen molar-refractivity contribution >= 4 is 5.96 Å². The van der Waals surface area contributed by atoms with E-state index >= 15 is 0 Å². The predicted molar refractivity (Wildman–Crippen MR) is 118 cm³/mol. The molecule has 0 spiro atoms. The van der Waals surface area contributed by atoms with Crippen LogP contribution in [0.3, 0.4) is 0 Å². The zero-order valence-corrected chi connectivity index (χ0v) is 17.9. The van der Waals surface area contributed by atoms with Crippen LogP contribution in [-0.2, 0) is 24.2 Å². The van der Waals surface area contributed by atoms with Crippen LogP contribution in [0.15, 0.2) is 47.7 Å². The molecule has 0 aliphatic heterocycles. The number of imidazole rings is 1. The number of guanidine groups is 1.